The maximum absolute atomic E-state index is 13.9. The van der Waals surface area contributed by atoms with E-state index in [1.54, 1.807) is 24.4 Å². The average Bonchev–Trinajstić information content (AvgIpc) is 3.74. The Bertz CT molecular complexity index is 1270. The molecular formula is C29H38F2N6O3. The van der Waals surface area contributed by atoms with Crippen molar-refractivity contribution in [3.8, 4) is 11.3 Å². The van der Waals surface area contributed by atoms with Crippen LogP contribution in [0.2, 0.25) is 0 Å². The highest BCUT2D eigenvalue weighted by Gasteiger charge is 2.46. The molecule has 0 bridgehead atoms. The molecule has 3 aromatic rings. The number of hydrogen-bond acceptors (Lipinski definition) is 6. The van der Waals surface area contributed by atoms with Gasteiger partial charge in [-0.2, -0.15) is 5.48 Å². The molecule has 1 aromatic carbocycles. The van der Waals surface area contributed by atoms with Gasteiger partial charge in [0.25, 0.3) is 5.92 Å². The molecule has 2 amide bonds. The molecule has 0 radical (unpaired) electrons. The molecule has 2 fully saturated rings. The highest BCUT2D eigenvalue weighted by Crippen LogP contribution is 2.42. The summed E-state index contributed by atoms with van der Waals surface area (Å²) < 4.78 is 29.7. The summed E-state index contributed by atoms with van der Waals surface area (Å²) in [4.78, 5) is 24.7. The third-order valence-corrected chi connectivity index (χ3v) is 7.78. The molecule has 1 aliphatic carbocycles. The summed E-state index contributed by atoms with van der Waals surface area (Å²) in [6.07, 6.45) is 8.05. The zero-order valence-electron chi connectivity index (χ0n) is 22.6. The van der Waals surface area contributed by atoms with Crippen LogP contribution < -0.4 is 16.1 Å². The van der Waals surface area contributed by atoms with Crippen LogP contribution >= 0.6 is 0 Å². The minimum atomic E-state index is -2.87. The Kier molecular flexibility index (Phi) is 9.25. The molecule has 1 saturated carbocycles. The Hall–Kier alpha value is -3.12. The van der Waals surface area contributed by atoms with Crippen LogP contribution in [0.3, 0.4) is 0 Å². The van der Waals surface area contributed by atoms with Gasteiger partial charge in [0, 0.05) is 36.5 Å². The van der Waals surface area contributed by atoms with Crippen molar-refractivity contribution in [3.05, 3.63) is 54.4 Å². The molecule has 0 atom stereocenters. The Morgan fingerprint density at radius 1 is 1.15 bits per heavy atom. The number of nitrogens with zero attached hydrogens (tertiary/aromatic N) is 3. The lowest BCUT2D eigenvalue weighted by atomic mass is 9.94. The van der Waals surface area contributed by atoms with Crippen LogP contribution in [0.25, 0.3) is 16.9 Å². The van der Waals surface area contributed by atoms with Gasteiger partial charge in [0.05, 0.1) is 31.6 Å². The van der Waals surface area contributed by atoms with E-state index in [1.165, 1.54) is 0 Å². The van der Waals surface area contributed by atoms with Gasteiger partial charge < -0.3 is 25.5 Å². The largest absolute Gasteiger partial charge is 0.395 e. The maximum Gasteiger partial charge on any atom is 0.319 e. The zero-order chi connectivity index (χ0) is 28.0. The molecule has 3 heterocycles. The van der Waals surface area contributed by atoms with Crippen LogP contribution in [0.15, 0.2) is 48.8 Å². The average molecular weight is 557 g/mol. The number of hydrogen-bond donors (Lipinski definition) is 4. The van der Waals surface area contributed by atoms with Gasteiger partial charge in [-0.05, 0) is 80.9 Å². The minimum Gasteiger partial charge on any atom is -0.395 e. The maximum atomic E-state index is 13.9. The molecule has 0 unspecified atom stereocenters. The smallest absolute Gasteiger partial charge is 0.319 e. The molecule has 1 aliphatic heterocycles. The number of β-amino-alcohol motifs (C(OH)–C–C–N with tert-alkyl or cyclic N) is 1. The van der Waals surface area contributed by atoms with Crippen molar-refractivity contribution < 1.29 is 23.5 Å². The van der Waals surface area contributed by atoms with E-state index in [0.717, 1.165) is 61.4 Å². The number of piperidine rings is 1. The molecule has 216 valence electrons. The van der Waals surface area contributed by atoms with Gasteiger partial charge in [0.1, 0.15) is 5.65 Å². The fourth-order valence-electron chi connectivity index (χ4n) is 5.20. The lowest BCUT2D eigenvalue weighted by molar-refractivity contribution is -0.0179. The van der Waals surface area contributed by atoms with Crippen molar-refractivity contribution in [2.45, 2.75) is 44.6 Å². The van der Waals surface area contributed by atoms with E-state index < -0.39 is 24.4 Å². The molecule has 2 aliphatic rings. The Morgan fingerprint density at radius 3 is 2.75 bits per heavy atom. The second-order valence-corrected chi connectivity index (χ2v) is 10.8. The van der Waals surface area contributed by atoms with Crippen LogP contribution in [0.5, 0.6) is 0 Å². The molecular weight excluding hydrogens is 518 g/mol. The Balaban J connectivity index is 1.09. The number of nitrogens with one attached hydrogen (secondary N) is 3. The third-order valence-electron chi connectivity index (χ3n) is 7.78. The number of likely N-dealkylation sites (tertiary alicyclic amines) is 1. The number of anilines is 1. The first-order chi connectivity index (χ1) is 19.4. The third kappa shape index (κ3) is 7.54. The van der Waals surface area contributed by atoms with Crippen LogP contribution in [-0.2, 0) is 11.4 Å². The molecule has 40 heavy (non-hydrogen) atoms. The number of urea groups is 1. The highest BCUT2D eigenvalue weighted by molar-refractivity contribution is 5.90. The lowest BCUT2D eigenvalue weighted by Gasteiger charge is -2.31. The normalized spacial score (nSPS) is 16.9. The van der Waals surface area contributed by atoms with Crippen molar-refractivity contribution in [3.63, 3.8) is 0 Å². The van der Waals surface area contributed by atoms with Gasteiger partial charge in [-0.15, -0.1) is 0 Å². The first-order valence-corrected chi connectivity index (χ1v) is 14.1. The minimum absolute atomic E-state index is 0.224. The van der Waals surface area contributed by atoms with E-state index in [0.29, 0.717) is 37.6 Å². The standard InChI is InChI=1S/C29H38F2N6O3/c30-29(31,24-4-5-24)20-33-28(39)35-25-3-1-2-23(17-25)26-19-32-27-16-22(8-12-37(26)27)18-34-40-15-9-21-6-10-36(11-7-21)13-14-38/h1-3,8,12,16-17,19,21,24,34,38H,4-7,9-11,13-15,18,20H2,(H2,33,35,39). The van der Waals surface area contributed by atoms with Crippen molar-refractivity contribution in [1.82, 2.24) is 25.1 Å². The van der Waals surface area contributed by atoms with Crippen LogP contribution in [-0.4, -0.2) is 70.7 Å². The van der Waals surface area contributed by atoms with E-state index >= 15 is 0 Å². The van der Waals surface area contributed by atoms with E-state index in [-0.39, 0.29) is 6.61 Å². The highest BCUT2D eigenvalue weighted by atomic mass is 19.3. The van der Waals surface area contributed by atoms with E-state index in [2.05, 4.69) is 26.0 Å². The molecule has 5 rings (SSSR count). The second-order valence-electron chi connectivity index (χ2n) is 10.8. The van der Waals surface area contributed by atoms with Gasteiger partial charge >= 0.3 is 6.03 Å². The fourth-order valence-corrected chi connectivity index (χ4v) is 5.20. The summed E-state index contributed by atoms with van der Waals surface area (Å²) in [7, 11) is 0. The summed E-state index contributed by atoms with van der Waals surface area (Å²) in [6.45, 7) is 3.63. The fraction of sp³-hybridized carbons (Fsp3) is 0.517. The predicted molar refractivity (Wildman–Crippen MR) is 149 cm³/mol. The first kappa shape index (κ1) is 28.4. The number of carbonyl (C=O) groups is 1. The number of fused-ring (bicyclic) bond motifs is 1. The van der Waals surface area contributed by atoms with Gasteiger partial charge in [0.15, 0.2) is 0 Å². The van der Waals surface area contributed by atoms with E-state index in [1.807, 2.05) is 28.8 Å². The molecule has 1 saturated heterocycles. The SMILES string of the molecule is O=C(NCC(F)(F)C1CC1)Nc1cccc(-c2cnc3cc(CNOCCC4CCN(CCO)CC4)ccn23)c1. The van der Waals surface area contributed by atoms with Crippen LogP contribution in [0.1, 0.15) is 37.7 Å². The van der Waals surface area contributed by atoms with Crippen molar-refractivity contribution >= 4 is 17.4 Å². The summed E-state index contributed by atoms with van der Waals surface area (Å²) in [5.41, 5.74) is 7.07. The van der Waals surface area contributed by atoms with Crippen molar-refractivity contribution in [1.29, 1.82) is 0 Å². The number of carbonyl (C=O) groups excluding carboxylic acids is 1. The number of benzene rings is 1. The van der Waals surface area contributed by atoms with E-state index in [9.17, 15) is 13.6 Å². The first-order valence-electron chi connectivity index (χ1n) is 14.1. The summed E-state index contributed by atoms with van der Waals surface area (Å²) in [6, 6.07) is 10.6. The number of aromatic nitrogens is 2. The molecule has 0 spiro atoms. The predicted octanol–water partition coefficient (Wildman–Crippen LogP) is 4.28. The molecule has 11 heteroatoms. The number of alkyl halides is 2. The topological polar surface area (TPSA) is 103 Å². The number of amides is 2. The Labute approximate surface area is 232 Å². The number of aliphatic hydroxyl groups is 1. The van der Waals surface area contributed by atoms with E-state index in [4.69, 9.17) is 9.94 Å². The second kappa shape index (κ2) is 13.0. The number of pyridine rings is 1. The molecule has 9 nitrogen and oxygen atoms in total. The summed E-state index contributed by atoms with van der Waals surface area (Å²) in [5, 5.41) is 14.0. The van der Waals surface area contributed by atoms with Crippen LogP contribution in [0, 0.1) is 11.8 Å². The number of imidazole rings is 1. The van der Waals surface area contributed by atoms with Gasteiger partial charge in [-0.25, -0.2) is 18.6 Å². The molecule has 2 aromatic heterocycles. The monoisotopic (exact) mass is 556 g/mol. The molecule has 4 N–H and O–H groups in total. The Morgan fingerprint density at radius 2 is 1.98 bits per heavy atom. The number of aliphatic hydroxyl groups excluding tert-OH is 1. The number of halogens is 2. The quantitative estimate of drug-likeness (QED) is 0.185. The van der Waals surface area contributed by atoms with Gasteiger partial charge in [-0.1, -0.05) is 12.1 Å². The van der Waals surface area contributed by atoms with Gasteiger partial charge in [0.2, 0.25) is 0 Å². The zero-order valence-corrected chi connectivity index (χ0v) is 22.6. The lowest BCUT2D eigenvalue weighted by Crippen LogP contribution is -2.40. The van der Waals surface area contributed by atoms with Crippen LogP contribution in [0.4, 0.5) is 19.3 Å². The van der Waals surface area contributed by atoms with Gasteiger partial charge in [-0.3, -0.25) is 4.40 Å². The van der Waals surface area contributed by atoms with Crippen molar-refractivity contribution in [2.75, 3.05) is 44.7 Å². The summed E-state index contributed by atoms with van der Waals surface area (Å²) >= 11 is 0. The number of rotatable bonds is 13. The summed E-state index contributed by atoms with van der Waals surface area (Å²) in [5.74, 6) is -2.82. The van der Waals surface area contributed by atoms with Crippen molar-refractivity contribution in [2.24, 2.45) is 11.8 Å². The number of hydroxylamine groups is 1.